The summed E-state index contributed by atoms with van der Waals surface area (Å²) < 4.78 is 0. The van der Waals surface area contributed by atoms with Gasteiger partial charge in [0.05, 0.1) is 11.0 Å². The van der Waals surface area contributed by atoms with Crippen LogP contribution in [0.5, 0.6) is 0 Å². The summed E-state index contributed by atoms with van der Waals surface area (Å²) in [6.45, 7) is 1.95. The van der Waals surface area contributed by atoms with Gasteiger partial charge in [0.25, 0.3) is 0 Å². The Bertz CT molecular complexity index is 252. The van der Waals surface area contributed by atoms with Crippen molar-refractivity contribution in [1.82, 2.24) is 10.6 Å². The van der Waals surface area contributed by atoms with Crippen molar-refractivity contribution in [2.75, 3.05) is 0 Å². The highest BCUT2D eigenvalue weighted by Crippen LogP contribution is 2.17. The highest BCUT2D eigenvalue weighted by Gasteiger charge is 2.18. The molecule has 4 nitrogen and oxygen atoms in total. The molecule has 0 spiro atoms. The van der Waals surface area contributed by atoms with Crippen molar-refractivity contribution in [3.63, 3.8) is 0 Å². The smallest absolute Gasteiger partial charge is 0.315 e. The summed E-state index contributed by atoms with van der Waals surface area (Å²) in [7, 11) is 0. The van der Waals surface area contributed by atoms with Crippen LogP contribution >= 0.6 is 12.2 Å². The van der Waals surface area contributed by atoms with Crippen molar-refractivity contribution in [3.8, 4) is 0 Å². The number of urea groups is 1. The van der Waals surface area contributed by atoms with Crippen LogP contribution in [-0.2, 0) is 0 Å². The Morgan fingerprint density at radius 2 is 2.06 bits per heavy atom. The molecular weight excluding hydrogens is 222 g/mol. The number of amides is 2. The van der Waals surface area contributed by atoms with E-state index in [4.69, 9.17) is 18.0 Å². The molecule has 4 N–H and O–H groups in total. The highest BCUT2D eigenvalue weighted by molar-refractivity contribution is 7.80. The van der Waals surface area contributed by atoms with Gasteiger partial charge in [-0.1, -0.05) is 38.4 Å². The topological polar surface area (TPSA) is 67.2 Å². The first-order chi connectivity index (χ1) is 7.63. The van der Waals surface area contributed by atoms with E-state index in [0.717, 1.165) is 19.3 Å². The quantitative estimate of drug-likeness (QED) is 0.658. The van der Waals surface area contributed by atoms with Crippen molar-refractivity contribution in [2.45, 2.75) is 57.5 Å². The minimum absolute atomic E-state index is 0.147. The lowest BCUT2D eigenvalue weighted by molar-refractivity contribution is 0.231. The number of nitrogens with one attached hydrogen (secondary N) is 2. The molecule has 0 radical (unpaired) electrons. The third-order valence-electron chi connectivity index (χ3n) is 3.00. The number of carbonyl (C=O) groups is 1. The second kappa shape index (κ2) is 6.68. The summed E-state index contributed by atoms with van der Waals surface area (Å²) in [5, 5.41) is 5.77. The molecule has 1 unspecified atom stereocenters. The zero-order valence-electron chi connectivity index (χ0n) is 9.79. The van der Waals surface area contributed by atoms with Crippen molar-refractivity contribution >= 4 is 23.2 Å². The van der Waals surface area contributed by atoms with Crippen LogP contribution in [0.25, 0.3) is 0 Å². The van der Waals surface area contributed by atoms with Gasteiger partial charge in [0.15, 0.2) is 0 Å². The number of hydrogen-bond donors (Lipinski definition) is 3. The van der Waals surface area contributed by atoms with Gasteiger partial charge in [-0.2, -0.15) is 0 Å². The first kappa shape index (κ1) is 13.2. The van der Waals surface area contributed by atoms with Crippen LogP contribution in [0.2, 0.25) is 0 Å². The maximum absolute atomic E-state index is 11.6. The lowest BCUT2D eigenvalue weighted by Crippen LogP contribution is -2.50. The molecule has 1 atom stereocenters. The second-order valence-electron chi connectivity index (χ2n) is 4.32. The van der Waals surface area contributed by atoms with Crippen LogP contribution in [0.4, 0.5) is 4.79 Å². The van der Waals surface area contributed by atoms with E-state index in [1.54, 1.807) is 0 Å². The van der Waals surface area contributed by atoms with Gasteiger partial charge in [0, 0.05) is 6.04 Å². The van der Waals surface area contributed by atoms with Crippen molar-refractivity contribution in [1.29, 1.82) is 0 Å². The molecule has 0 saturated heterocycles. The fraction of sp³-hybridized carbons (Fsp3) is 0.818. The van der Waals surface area contributed by atoms with Gasteiger partial charge in [0.1, 0.15) is 0 Å². The van der Waals surface area contributed by atoms with Gasteiger partial charge >= 0.3 is 6.03 Å². The normalized spacial score (nSPS) is 18.8. The Kier molecular flexibility index (Phi) is 5.52. The van der Waals surface area contributed by atoms with Gasteiger partial charge in [-0.15, -0.1) is 0 Å². The van der Waals surface area contributed by atoms with Crippen LogP contribution in [0.3, 0.4) is 0 Å². The van der Waals surface area contributed by atoms with E-state index in [9.17, 15) is 4.79 Å². The van der Waals surface area contributed by atoms with Crippen molar-refractivity contribution in [2.24, 2.45) is 5.73 Å². The molecule has 0 heterocycles. The number of rotatable bonds is 4. The summed E-state index contributed by atoms with van der Waals surface area (Å²) in [5.74, 6) is 0. The Labute approximate surface area is 102 Å². The predicted molar refractivity (Wildman–Crippen MR) is 69.4 cm³/mol. The standard InChI is InChI=1S/C11H21N3OS/c1-2-9(10(12)16)14-11(15)13-8-6-4-3-5-7-8/h8-9H,2-7H2,1H3,(H2,12,16)(H2,13,14,15). The van der Waals surface area contributed by atoms with E-state index in [-0.39, 0.29) is 12.1 Å². The molecule has 1 aliphatic carbocycles. The zero-order chi connectivity index (χ0) is 12.0. The SMILES string of the molecule is CCC(NC(=O)NC1CCCCC1)C(N)=S. The fourth-order valence-corrected chi connectivity index (χ4v) is 2.23. The van der Waals surface area contributed by atoms with Gasteiger partial charge in [-0.25, -0.2) is 4.79 Å². The number of carbonyl (C=O) groups excluding carboxylic acids is 1. The molecule has 0 aromatic carbocycles. The average Bonchev–Trinajstić information content (AvgIpc) is 2.27. The summed E-state index contributed by atoms with van der Waals surface area (Å²) in [6.07, 6.45) is 6.58. The van der Waals surface area contributed by atoms with Crippen molar-refractivity contribution in [3.05, 3.63) is 0 Å². The molecule has 0 aromatic heterocycles. The van der Waals surface area contributed by atoms with E-state index >= 15 is 0 Å². The Morgan fingerprint density at radius 3 is 2.56 bits per heavy atom. The van der Waals surface area contributed by atoms with Crippen LogP contribution in [0.1, 0.15) is 45.4 Å². The summed E-state index contributed by atoms with van der Waals surface area (Å²) in [6, 6.07) is -0.0252. The second-order valence-corrected chi connectivity index (χ2v) is 4.79. The Balaban J connectivity index is 2.31. The van der Waals surface area contributed by atoms with Gasteiger partial charge < -0.3 is 16.4 Å². The molecule has 1 saturated carbocycles. The van der Waals surface area contributed by atoms with E-state index < -0.39 is 0 Å². The molecule has 1 aliphatic rings. The fourth-order valence-electron chi connectivity index (χ4n) is 2.01. The Hall–Kier alpha value is -0.840. The monoisotopic (exact) mass is 243 g/mol. The molecule has 92 valence electrons. The number of nitrogens with two attached hydrogens (primary N) is 1. The number of thiocarbonyl (C=S) groups is 1. The third kappa shape index (κ3) is 4.35. The predicted octanol–water partition coefficient (Wildman–Crippen LogP) is 1.68. The minimum atomic E-state index is -0.196. The average molecular weight is 243 g/mol. The first-order valence-corrected chi connectivity index (χ1v) is 6.40. The number of hydrogen-bond acceptors (Lipinski definition) is 2. The first-order valence-electron chi connectivity index (χ1n) is 5.99. The highest BCUT2D eigenvalue weighted by atomic mass is 32.1. The van der Waals surface area contributed by atoms with E-state index in [1.807, 2.05) is 6.92 Å². The molecule has 0 aliphatic heterocycles. The molecule has 1 fully saturated rings. The summed E-state index contributed by atoms with van der Waals surface area (Å²) in [5.41, 5.74) is 5.52. The van der Waals surface area contributed by atoms with E-state index in [0.29, 0.717) is 11.0 Å². The zero-order valence-corrected chi connectivity index (χ0v) is 10.6. The molecule has 1 rings (SSSR count). The van der Waals surface area contributed by atoms with Crippen LogP contribution < -0.4 is 16.4 Å². The van der Waals surface area contributed by atoms with Crippen molar-refractivity contribution < 1.29 is 4.79 Å². The molecule has 0 bridgehead atoms. The maximum atomic E-state index is 11.6. The van der Waals surface area contributed by atoms with E-state index in [2.05, 4.69) is 10.6 Å². The summed E-state index contributed by atoms with van der Waals surface area (Å²) in [4.78, 5) is 12.0. The molecule has 2 amide bonds. The van der Waals surface area contributed by atoms with Gasteiger partial charge in [0.2, 0.25) is 0 Å². The van der Waals surface area contributed by atoms with Gasteiger partial charge in [-0.3, -0.25) is 0 Å². The van der Waals surface area contributed by atoms with Crippen LogP contribution in [0, 0.1) is 0 Å². The van der Waals surface area contributed by atoms with E-state index in [1.165, 1.54) is 19.3 Å². The maximum Gasteiger partial charge on any atom is 0.315 e. The lowest BCUT2D eigenvalue weighted by atomic mass is 9.96. The molecular formula is C11H21N3OS. The van der Waals surface area contributed by atoms with Crippen LogP contribution in [-0.4, -0.2) is 23.1 Å². The minimum Gasteiger partial charge on any atom is -0.392 e. The van der Waals surface area contributed by atoms with Crippen LogP contribution in [0.15, 0.2) is 0 Å². The molecule has 16 heavy (non-hydrogen) atoms. The lowest BCUT2D eigenvalue weighted by Gasteiger charge is -2.24. The summed E-state index contributed by atoms with van der Waals surface area (Å²) >= 11 is 4.87. The Morgan fingerprint density at radius 1 is 1.44 bits per heavy atom. The molecule has 0 aromatic rings. The molecule has 5 heteroatoms. The largest absolute Gasteiger partial charge is 0.392 e. The van der Waals surface area contributed by atoms with Gasteiger partial charge in [-0.05, 0) is 19.3 Å². The third-order valence-corrected chi connectivity index (χ3v) is 3.28.